The molecule has 0 amide bonds. The Kier molecular flexibility index (Phi) is 5.36. The average molecular weight is 345 g/mol. The van der Waals surface area contributed by atoms with Crippen molar-refractivity contribution in [1.82, 2.24) is 4.31 Å². The Morgan fingerprint density at radius 3 is 2.50 bits per heavy atom. The molecule has 1 aromatic rings. The number of hydrogen-bond donors (Lipinski definition) is 0. The van der Waals surface area contributed by atoms with Crippen LogP contribution in [0.15, 0.2) is 21.7 Å². The fraction of sp³-hybridized carbons (Fsp3) is 0.571. The molecule has 1 saturated heterocycles. The van der Waals surface area contributed by atoms with Gasteiger partial charge in [-0.05, 0) is 38.1 Å². The van der Waals surface area contributed by atoms with Gasteiger partial charge in [0.05, 0.1) is 5.92 Å². The van der Waals surface area contributed by atoms with Crippen molar-refractivity contribution in [1.29, 1.82) is 0 Å². The molecule has 0 aliphatic carbocycles. The van der Waals surface area contributed by atoms with Crippen LogP contribution in [0.3, 0.4) is 0 Å². The quantitative estimate of drug-likeness (QED) is 0.758. The van der Waals surface area contributed by atoms with Crippen LogP contribution in [0.4, 0.5) is 0 Å². The fourth-order valence-corrected chi connectivity index (χ4v) is 4.84. The number of sulfonamides is 1. The summed E-state index contributed by atoms with van der Waals surface area (Å²) < 4.78 is 31.5. The molecule has 2 heterocycles. The first-order valence-corrected chi connectivity index (χ1v) is 9.39. The Bertz CT molecular complexity index is 630. The number of ketones is 1. The second-order valence-electron chi connectivity index (χ2n) is 5.30. The van der Waals surface area contributed by atoms with Crippen LogP contribution in [0.1, 0.15) is 26.7 Å². The summed E-state index contributed by atoms with van der Waals surface area (Å²) in [6.45, 7) is 3.48. The third kappa shape index (κ3) is 3.74. The van der Waals surface area contributed by atoms with Gasteiger partial charge in [0.2, 0.25) is 0 Å². The van der Waals surface area contributed by atoms with Crippen LogP contribution >= 0.6 is 11.3 Å². The van der Waals surface area contributed by atoms with Gasteiger partial charge in [-0.25, -0.2) is 8.42 Å². The van der Waals surface area contributed by atoms with E-state index in [0.717, 1.165) is 0 Å². The van der Waals surface area contributed by atoms with Crippen LogP contribution in [-0.4, -0.2) is 43.7 Å². The molecule has 1 atom stereocenters. The minimum atomic E-state index is -3.46. The Hall–Kier alpha value is -1.25. The first-order valence-electron chi connectivity index (χ1n) is 7.07. The second kappa shape index (κ2) is 6.89. The molecule has 0 radical (unpaired) electrons. The predicted molar refractivity (Wildman–Crippen MR) is 82.0 cm³/mol. The summed E-state index contributed by atoms with van der Waals surface area (Å²) in [5.74, 6) is -0.974. The minimum Gasteiger partial charge on any atom is -0.454 e. The average Bonchev–Trinajstić information content (AvgIpc) is 3.02. The number of ether oxygens (including phenoxy) is 1. The first-order chi connectivity index (χ1) is 10.3. The van der Waals surface area contributed by atoms with Crippen molar-refractivity contribution in [2.75, 3.05) is 13.1 Å². The molecule has 1 fully saturated rings. The Morgan fingerprint density at radius 2 is 2.00 bits per heavy atom. The Balaban J connectivity index is 1.93. The van der Waals surface area contributed by atoms with E-state index >= 15 is 0 Å². The van der Waals surface area contributed by atoms with Gasteiger partial charge in [-0.3, -0.25) is 9.59 Å². The van der Waals surface area contributed by atoms with Crippen LogP contribution in [0.2, 0.25) is 0 Å². The molecule has 0 bridgehead atoms. The molecule has 0 spiro atoms. The maximum Gasteiger partial charge on any atom is 0.309 e. The fourth-order valence-electron chi connectivity index (χ4n) is 2.22. The molecule has 1 aliphatic rings. The summed E-state index contributed by atoms with van der Waals surface area (Å²) in [5.41, 5.74) is 0. The lowest BCUT2D eigenvalue weighted by atomic mass is 9.98. The molecule has 22 heavy (non-hydrogen) atoms. The molecule has 1 aromatic heterocycles. The van der Waals surface area contributed by atoms with Crippen LogP contribution in [0.25, 0.3) is 0 Å². The van der Waals surface area contributed by atoms with E-state index in [4.69, 9.17) is 4.74 Å². The molecule has 8 heteroatoms. The zero-order valence-electron chi connectivity index (χ0n) is 12.5. The maximum absolute atomic E-state index is 12.4. The van der Waals surface area contributed by atoms with Crippen LogP contribution in [-0.2, 0) is 24.3 Å². The van der Waals surface area contributed by atoms with Crippen LogP contribution in [0.5, 0.6) is 0 Å². The molecular formula is C14H19NO5S2. The molecular weight excluding hydrogens is 326 g/mol. The second-order valence-corrected chi connectivity index (χ2v) is 8.41. The van der Waals surface area contributed by atoms with E-state index in [2.05, 4.69) is 0 Å². The molecule has 1 aliphatic heterocycles. The third-order valence-electron chi connectivity index (χ3n) is 3.74. The summed E-state index contributed by atoms with van der Waals surface area (Å²) in [7, 11) is -3.46. The molecule has 1 unspecified atom stereocenters. The first kappa shape index (κ1) is 17.1. The Morgan fingerprint density at radius 1 is 1.36 bits per heavy atom. The highest BCUT2D eigenvalue weighted by Gasteiger charge is 2.33. The van der Waals surface area contributed by atoms with Gasteiger partial charge in [-0.15, -0.1) is 11.3 Å². The lowest BCUT2D eigenvalue weighted by Crippen LogP contribution is -2.41. The summed E-state index contributed by atoms with van der Waals surface area (Å²) in [4.78, 5) is 23.1. The van der Waals surface area contributed by atoms with Crippen molar-refractivity contribution in [2.45, 2.75) is 37.0 Å². The topological polar surface area (TPSA) is 80.8 Å². The van der Waals surface area contributed by atoms with Crippen molar-refractivity contribution >= 4 is 33.1 Å². The van der Waals surface area contributed by atoms with Gasteiger partial charge < -0.3 is 4.74 Å². The molecule has 6 nitrogen and oxygen atoms in total. The molecule has 122 valence electrons. The van der Waals surface area contributed by atoms with Crippen molar-refractivity contribution in [3.05, 3.63) is 17.5 Å². The summed E-state index contributed by atoms with van der Waals surface area (Å²) in [5, 5.41) is 1.72. The molecule has 0 saturated carbocycles. The van der Waals surface area contributed by atoms with Crippen LogP contribution in [0, 0.1) is 5.92 Å². The predicted octanol–water partition coefficient (Wildman–Crippen LogP) is 1.67. The smallest absolute Gasteiger partial charge is 0.309 e. The van der Waals surface area contributed by atoms with Gasteiger partial charge in [0.25, 0.3) is 10.0 Å². The number of Topliss-reactive ketones (excluding diaryl/α,β-unsaturated/α-hetero) is 1. The van der Waals surface area contributed by atoms with E-state index in [-0.39, 0.29) is 24.8 Å². The number of piperidine rings is 1. The van der Waals surface area contributed by atoms with E-state index in [1.807, 2.05) is 0 Å². The van der Waals surface area contributed by atoms with E-state index in [1.54, 1.807) is 17.5 Å². The van der Waals surface area contributed by atoms with Gasteiger partial charge in [0.15, 0.2) is 11.9 Å². The monoisotopic (exact) mass is 345 g/mol. The van der Waals surface area contributed by atoms with Crippen molar-refractivity contribution in [3.8, 4) is 0 Å². The van der Waals surface area contributed by atoms with E-state index < -0.39 is 22.1 Å². The van der Waals surface area contributed by atoms with E-state index in [1.165, 1.54) is 29.5 Å². The standard InChI is InChI=1S/C14H19NO5S2/c1-10(16)11(2)20-14(17)12-5-7-15(8-6-12)22(18,19)13-4-3-9-21-13/h3-4,9,11-12H,5-8H2,1-2H3. The SMILES string of the molecule is CC(=O)C(C)OC(=O)C1CCN(S(=O)(=O)c2cccs2)CC1. The highest BCUT2D eigenvalue weighted by Crippen LogP contribution is 2.27. The maximum atomic E-state index is 12.4. The highest BCUT2D eigenvalue weighted by molar-refractivity contribution is 7.91. The highest BCUT2D eigenvalue weighted by atomic mass is 32.2. The van der Waals surface area contributed by atoms with Gasteiger partial charge >= 0.3 is 5.97 Å². The van der Waals surface area contributed by atoms with Gasteiger partial charge in [0, 0.05) is 13.1 Å². The third-order valence-corrected chi connectivity index (χ3v) is 7.01. The number of nitrogens with zero attached hydrogens (tertiary/aromatic N) is 1. The van der Waals surface area contributed by atoms with Gasteiger partial charge in [-0.1, -0.05) is 6.07 Å². The number of carbonyl (C=O) groups is 2. The molecule has 0 N–H and O–H groups in total. The number of rotatable bonds is 5. The summed E-state index contributed by atoms with van der Waals surface area (Å²) in [6, 6.07) is 3.28. The van der Waals surface area contributed by atoms with E-state index in [0.29, 0.717) is 17.1 Å². The zero-order valence-corrected chi connectivity index (χ0v) is 14.2. The van der Waals surface area contributed by atoms with Crippen molar-refractivity contribution in [2.24, 2.45) is 5.92 Å². The van der Waals surface area contributed by atoms with Gasteiger partial charge in [0.1, 0.15) is 4.21 Å². The number of esters is 1. The number of hydrogen-bond acceptors (Lipinski definition) is 6. The normalized spacial score (nSPS) is 18.8. The van der Waals surface area contributed by atoms with Crippen molar-refractivity contribution < 1.29 is 22.7 Å². The summed E-state index contributed by atoms with van der Waals surface area (Å²) in [6.07, 6.45) is 0.0719. The lowest BCUT2D eigenvalue weighted by molar-refractivity contribution is -0.158. The number of thiophene rings is 1. The molecule has 2 rings (SSSR count). The van der Waals surface area contributed by atoms with E-state index in [9.17, 15) is 18.0 Å². The van der Waals surface area contributed by atoms with Crippen molar-refractivity contribution in [3.63, 3.8) is 0 Å². The largest absolute Gasteiger partial charge is 0.454 e. The number of carbonyl (C=O) groups excluding carboxylic acids is 2. The lowest BCUT2D eigenvalue weighted by Gasteiger charge is -2.30. The Labute approximate surface area is 134 Å². The zero-order chi connectivity index (χ0) is 16.3. The molecule has 0 aromatic carbocycles. The van der Waals surface area contributed by atoms with Gasteiger partial charge in [-0.2, -0.15) is 4.31 Å². The minimum absolute atomic E-state index is 0.203. The summed E-state index contributed by atoms with van der Waals surface area (Å²) >= 11 is 1.18. The van der Waals surface area contributed by atoms with Crippen LogP contribution < -0.4 is 0 Å².